The monoisotopic (exact) mass is 249 g/mol. The fourth-order valence-electron chi connectivity index (χ4n) is 1.86. The molecule has 0 aliphatic carbocycles. The van der Waals surface area contributed by atoms with Crippen molar-refractivity contribution in [2.45, 2.75) is 20.0 Å². The van der Waals surface area contributed by atoms with E-state index in [1.807, 2.05) is 13.8 Å². The Bertz CT molecular complexity index is 592. The fraction of sp³-hybridized carbons (Fsp3) is 0.417. The number of hydrogen-bond acceptors (Lipinski definition) is 5. The van der Waals surface area contributed by atoms with Crippen LogP contribution in [0, 0.1) is 6.92 Å². The standard InChI is InChI=1S/C12H15N3O3/c1-7-6-15-11(14-7)10(8(2)17-3)9(5-13-15)12(16)18-4/h5-6,8H,1-4H3/t8-/m0/s1. The Hall–Kier alpha value is -1.95. The smallest absolute Gasteiger partial charge is 0.340 e. The summed E-state index contributed by atoms with van der Waals surface area (Å²) >= 11 is 0. The maximum atomic E-state index is 11.8. The number of ether oxygens (including phenoxy) is 2. The second-order valence-corrected chi connectivity index (χ2v) is 3.99. The molecule has 6 nitrogen and oxygen atoms in total. The van der Waals surface area contributed by atoms with Gasteiger partial charge >= 0.3 is 5.97 Å². The first-order chi connectivity index (χ1) is 8.58. The molecule has 6 heteroatoms. The summed E-state index contributed by atoms with van der Waals surface area (Å²) in [4.78, 5) is 16.1. The van der Waals surface area contributed by atoms with Gasteiger partial charge in [-0.3, -0.25) is 0 Å². The fourth-order valence-corrected chi connectivity index (χ4v) is 1.86. The highest BCUT2D eigenvalue weighted by atomic mass is 16.5. The zero-order valence-electron chi connectivity index (χ0n) is 10.8. The van der Waals surface area contributed by atoms with Gasteiger partial charge in [-0.2, -0.15) is 5.10 Å². The normalized spacial score (nSPS) is 12.7. The van der Waals surface area contributed by atoms with Gasteiger partial charge in [0.05, 0.1) is 36.9 Å². The summed E-state index contributed by atoms with van der Waals surface area (Å²) in [5.41, 5.74) is 2.51. The Morgan fingerprint density at radius 2 is 2.17 bits per heavy atom. The van der Waals surface area contributed by atoms with E-state index in [0.717, 1.165) is 5.69 Å². The van der Waals surface area contributed by atoms with Crippen LogP contribution in [0.4, 0.5) is 0 Å². The number of rotatable bonds is 3. The number of carbonyl (C=O) groups excluding carboxylic acids is 1. The van der Waals surface area contributed by atoms with Gasteiger partial charge in [0.15, 0.2) is 5.65 Å². The maximum Gasteiger partial charge on any atom is 0.340 e. The Morgan fingerprint density at radius 1 is 1.44 bits per heavy atom. The van der Waals surface area contributed by atoms with Gasteiger partial charge in [-0.25, -0.2) is 14.3 Å². The van der Waals surface area contributed by atoms with Crippen LogP contribution < -0.4 is 0 Å². The summed E-state index contributed by atoms with van der Waals surface area (Å²) in [5.74, 6) is -0.440. The van der Waals surface area contributed by atoms with E-state index in [1.165, 1.54) is 13.3 Å². The average Bonchev–Trinajstić information content (AvgIpc) is 2.75. The number of aryl methyl sites for hydroxylation is 1. The number of hydrogen-bond donors (Lipinski definition) is 0. The summed E-state index contributed by atoms with van der Waals surface area (Å²) in [6.07, 6.45) is 3.00. The molecule has 0 spiro atoms. The van der Waals surface area contributed by atoms with Gasteiger partial charge in [0.2, 0.25) is 0 Å². The predicted molar refractivity (Wildman–Crippen MR) is 64.5 cm³/mol. The first-order valence-electron chi connectivity index (χ1n) is 5.54. The Labute approximate surface area is 105 Å². The molecular formula is C12H15N3O3. The molecule has 0 fully saturated rings. The van der Waals surface area contributed by atoms with Crippen LogP contribution >= 0.6 is 0 Å². The second kappa shape index (κ2) is 4.73. The van der Waals surface area contributed by atoms with E-state index in [1.54, 1.807) is 17.8 Å². The summed E-state index contributed by atoms with van der Waals surface area (Å²) in [5, 5.41) is 4.15. The zero-order chi connectivity index (χ0) is 13.3. The molecule has 0 aliphatic heterocycles. The highest BCUT2D eigenvalue weighted by Gasteiger charge is 2.22. The molecule has 0 aliphatic rings. The molecular weight excluding hydrogens is 234 g/mol. The first-order valence-corrected chi connectivity index (χ1v) is 5.54. The van der Waals surface area contributed by atoms with Crippen LogP contribution in [0.3, 0.4) is 0 Å². The number of carbonyl (C=O) groups is 1. The third-order valence-corrected chi connectivity index (χ3v) is 2.82. The SMILES string of the molecule is COC(=O)c1cnn2cc(C)nc2c1[C@H](C)OC. The van der Waals surface area contributed by atoms with Crippen LogP contribution in [0.5, 0.6) is 0 Å². The van der Waals surface area contributed by atoms with Crippen molar-refractivity contribution in [3.05, 3.63) is 29.2 Å². The van der Waals surface area contributed by atoms with E-state index >= 15 is 0 Å². The molecule has 2 aromatic heterocycles. The lowest BCUT2D eigenvalue weighted by Crippen LogP contribution is -2.12. The van der Waals surface area contributed by atoms with E-state index in [-0.39, 0.29) is 6.10 Å². The molecule has 2 aromatic rings. The van der Waals surface area contributed by atoms with Crippen LogP contribution in [0.2, 0.25) is 0 Å². The molecule has 0 unspecified atom stereocenters. The second-order valence-electron chi connectivity index (χ2n) is 3.99. The molecule has 96 valence electrons. The Kier molecular flexibility index (Phi) is 3.29. The quantitative estimate of drug-likeness (QED) is 0.772. The number of esters is 1. The molecule has 0 saturated heterocycles. The van der Waals surface area contributed by atoms with E-state index in [4.69, 9.17) is 9.47 Å². The molecule has 0 aromatic carbocycles. The van der Waals surface area contributed by atoms with E-state index in [0.29, 0.717) is 16.8 Å². The minimum Gasteiger partial charge on any atom is -0.465 e. The van der Waals surface area contributed by atoms with Crippen molar-refractivity contribution < 1.29 is 14.3 Å². The van der Waals surface area contributed by atoms with Crippen molar-refractivity contribution in [1.82, 2.24) is 14.6 Å². The van der Waals surface area contributed by atoms with Crippen molar-refractivity contribution in [2.24, 2.45) is 0 Å². The molecule has 0 amide bonds. The van der Waals surface area contributed by atoms with E-state index < -0.39 is 5.97 Å². The molecule has 2 heterocycles. The average molecular weight is 249 g/mol. The van der Waals surface area contributed by atoms with Crippen LogP contribution in [-0.4, -0.2) is 34.8 Å². The largest absolute Gasteiger partial charge is 0.465 e. The number of nitrogens with zero attached hydrogens (tertiary/aromatic N) is 3. The first kappa shape index (κ1) is 12.5. The van der Waals surface area contributed by atoms with Crippen LogP contribution in [0.25, 0.3) is 5.65 Å². The Balaban J connectivity index is 2.74. The highest BCUT2D eigenvalue weighted by Crippen LogP contribution is 2.25. The molecule has 0 N–H and O–H groups in total. The topological polar surface area (TPSA) is 65.7 Å². The van der Waals surface area contributed by atoms with Crippen LogP contribution in [0.1, 0.15) is 34.6 Å². The van der Waals surface area contributed by atoms with Gasteiger partial charge in [-0.05, 0) is 13.8 Å². The molecule has 0 bridgehead atoms. The van der Waals surface area contributed by atoms with E-state index in [2.05, 4.69) is 10.1 Å². The summed E-state index contributed by atoms with van der Waals surface area (Å²) in [6.45, 7) is 3.72. The van der Waals surface area contributed by atoms with Crippen LogP contribution in [0.15, 0.2) is 12.4 Å². The highest BCUT2D eigenvalue weighted by molar-refractivity contribution is 5.92. The van der Waals surface area contributed by atoms with Gasteiger partial charge in [-0.1, -0.05) is 0 Å². The minimum atomic E-state index is -0.440. The van der Waals surface area contributed by atoms with Crippen molar-refractivity contribution in [3.63, 3.8) is 0 Å². The molecule has 18 heavy (non-hydrogen) atoms. The van der Waals surface area contributed by atoms with Gasteiger partial charge in [-0.15, -0.1) is 0 Å². The number of methoxy groups -OCH3 is 2. The lowest BCUT2D eigenvalue weighted by Gasteiger charge is -2.14. The Morgan fingerprint density at radius 3 is 2.78 bits per heavy atom. The van der Waals surface area contributed by atoms with Gasteiger partial charge in [0.25, 0.3) is 0 Å². The van der Waals surface area contributed by atoms with Crippen molar-refractivity contribution in [2.75, 3.05) is 14.2 Å². The molecule has 1 atom stereocenters. The third kappa shape index (κ3) is 1.95. The van der Waals surface area contributed by atoms with Gasteiger partial charge in [0, 0.05) is 12.7 Å². The van der Waals surface area contributed by atoms with Crippen molar-refractivity contribution >= 4 is 11.6 Å². The number of imidazole rings is 1. The maximum absolute atomic E-state index is 11.8. The zero-order valence-corrected chi connectivity index (χ0v) is 10.8. The number of fused-ring (bicyclic) bond motifs is 1. The predicted octanol–water partition coefficient (Wildman–Crippen LogP) is 1.53. The molecule has 2 rings (SSSR count). The van der Waals surface area contributed by atoms with Gasteiger partial charge < -0.3 is 9.47 Å². The van der Waals surface area contributed by atoms with Gasteiger partial charge in [0.1, 0.15) is 0 Å². The van der Waals surface area contributed by atoms with E-state index in [9.17, 15) is 4.79 Å². The summed E-state index contributed by atoms with van der Waals surface area (Å²) < 4.78 is 11.7. The molecule has 0 radical (unpaired) electrons. The number of aromatic nitrogens is 3. The van der Waals surface area contributed by atoms with Crippen LogP contribution in [-0.2, 0) is 9.47 Å². The third-order valence-electron chi connectivity index (χ3n) is 2.82. The minimum absolute atomic E-state index is 0.272. The molecule has 0 saturated carbocycles. The summed E-state index contributed by atoms with van der Waals surface area (Å²) in [6, 6.07) is 0. The summed E-state index contributed by atoms with van der Waals surface area (Å²) in [7, 11) is 2.92. The van der Waals surface area contributed by atoms with Crippen molar-refractivity contribution in [1.29, 1.82) is 0 Å². The van der Waals surface area contributed by atoms with Crippen molar-refractivity contribution in [3.8, 4) is 0 Å². The lowest BCUT2D eigenvalue weighted by atomic mass is 10.1. The lowest BCUT2D eigenvalue weighted by molar-refractivity contribution is 0.0588.